The standard InChI is InChI=1S/C19H15N.C16H16.C9H10.C2H6/c1-14-10-12-15(13-11-14)20-18-8-4-2-6-16(18)17-7-3-5-9-19(17)20;1-13(15-9-5-3-6-10-15)14(2)16-11-7-4-8-12-16;1-8(2)9-6-4-3-5-7-9;1-2/h2-13H,1H3;3-12,14H,1H2,2H3;3-7H,1H2,2H3;1-2H3. The molecular formula is C46H47N. The van der Waals surface area contributed by atoms with Gasteiger partial charge in [-0.15, -0.1) is 0 Å². The summed E-state index contributed by atoms with van der Waals surface area (Å²) in [5.41, 5.74) is 11.1. The van der Waals surface area contributed by atoms with E-state index in [0.717, 1.165) is 5.57 Å². The monoisotopic (exact) mass is 613 g/mol. The second-order valence-corrected chi connectivity index (χ2v) is 11.4. The van der Waals surface area contributed by atoms with Gasteiger partial charge in [0.25, 0.3) is 0 Å². The maximum absolute atomic E-state index is 4.20. The molecule has 0 N–H and O–H groups in total. The van der Waals surface area contributed by atoms with E-state index in [1.807, 2.05) is 51.1 Å². The summed E-state index contributed by atoms with van der Waals surface area (Å²) in [4.78, 5) is 0. The number of allylic oxidation sites excluding steroid dienone is 2. The van der Waals surface area contributed by atoms with Crippen molar-refractivity contribution in [1.82, 2.24) is 4.57 Å². The van der Waals surface area contributed by atoms with E-state index in [0.29, 0.717) is 5.92 Å². The fraction of sp³-hybridized carbons (Fsp3) is 0.130. The van der Waals surface area contributed by atoms with E-state index in [-0.39, 0.29) is 0 Å². The summed E-state index contributed by atoms with van der Waals surface area (Å²) in [6.45, 7) is 18.4. The lowest BCUT2D eigenvalue weighted by molar-refractivity contribution is 0.992. The number of aryl methyl sites for hydroxylation is 1. The van der Waals surface area contributed by atoms with Gasteiger partial charge >= 0.3 is 0 Å². The molecule has 1 atom stereocenters. The molecule has 236 valence electrons. The molecule has 7 aromatic rings. The third kappa shape index (κ3) is 8.87. The SMILES string of the molecule is C=C(C)c1ccccc1.C=C(c1ccccc1)C(C)c1ccccc1.CC.Cc1ccc(-n2c3ccccc3c3ccccc32)cc1. The minimum Gasteiger partial charge on any atom is -0.309 e. The van der Waals surface area contributed by atoms with E-state index in [1.165, 1.54) is 55.3 Å². The quantitative estimate of drug-likeness (QED) is 0.182. The summed E-state index contributed by atoms with van der Waals surface area (Å²) in [5, 5.41) is 2.62. The molecule has 0 saturated carbocycles. The molecule has 0 aliphatic heterocycles. The Labute approximate surface area is 282 Å². The Morgan fingerprint density at radius 1 is 0.511 bits per heavy atom. The van der Waals surface area contributed by atoms with Gasteiger partial charge in [0.15, 0.2) is 0 Å². The number of hydrogen-bond acceptors (Lipinski definition) is 0. The van der Waals surface area contributed by atoms with Gasteiger partial charge in [0.05, 0.1) is 11.0 Å². The predicted octanol–water partition coefficient (Wildman–Crippen LogP) is 13.3. The van der Waals surface area contributed by atoms with Crippen LogP contribution in [0, 0.1) is 6.92 Å². The molecule has 1 nitrogen and oxygen atoms in total. The zero-order valence-electron chi connectivity index (χ0n) is 28.5. The molecule has 0 bridgehead atoms. The fourth-order valence-electron chi connectivity index (χ4n) is 5.46. The number of para-hydroxylation sites is 2. The van der Waals surface area contributed by atoms with Gasteiger partial charge in [-0.1, -0.05) is 185 Å². The molecule has 47 heavy (non-hydrogen) atoms. The molecule has 1 unspecified atom stereocenters. The van der Waals surface area contributed by atoms with Crippen LogP contribution < -0.4 is 0 Å². The van der Waals surface area contributed by atoms with Crippen LogP contribution in [-0.4, -0.2) is 4.57 Å². The fourth-order valence-corrected chi connectivity index (χ4v) is 5.46. The van der Waals surface area contributed by atoms with Crippen molar-refractivity contribution in [1.29, 1.82) is 0 Å². The zero-order valence-corrected chi connectivity index (χ0v) is 28.5. The van der Waals surface area contributed by atoms with Crippen LogP contribution in [0.2, 0.25) is 0 Å². The zero-order chi connectivity index (χ0) is 33.6. The Morgan fingerprint density at radius 3 is 1.36 bits per heavy atom. The Hall–Kier alpha value is -5.40. The summed E-state index contributed by atoms with van der Waals surface area (Å²) in [5.74, 6) is 0.364. The lowest BCUT2D eigenvalue weighted by Gasteiger charge is -2.15. The first kappa shape index (κ1) is 34.5. The number of rotatable bonds is 5. The predicted molar refractivity (Wildman–Crippen MR) is 208 cm³/mol. The van der Waals surface area contributed by atoms with Crippen LogP contribution >= 0.6 is 0 Å². The van der Waals surface area contributed by atoms with Gasteiger partial charge in [0.1, 0.15) is 0 Å². The highest BCUT2D eigenvalue weighted by atomic mass is 15.0. The molecule has 0 radical (unpaired) electrons. The highest BCUT2D eigenvalue weighted by Crippen LogP contribution is 2.32. The highest BCUT2D eigenvalue weighted by molar-refractivity contribution is 6.09. The molecule has 1 heteroatoms. The Kier molecular flexibility index (Phi) is 12.7. The molecule has 0 aliphatic carbocycles. The number of nitrogens with zero attached hydrogens (tertiary/aromatic N) is 1. The topological polar surface area (TPSA) is 4.93 Å². The third-order valence-electron chi connectivity index (χ3n) is 8.11. The molecule has 1 heterocycles. The third-order valence-corrected chi connectivity index (χ3v) is 8.11. The summed E-state index contributed by atoms with van der Waals surface area (Å²) < 4.78 is 2.34. The van der Waals surface area contributed by atoms with Crippen molar-refractivity contribution < 1.29 is 0 Å². The van der Waals surface area contributed by atoms with Crippen LogP contribution in [-0.2, 0) is 0 Å². The summed E-state index contributed by atoms with van der Waals surface area (Å²) >= 11 is 0. The van der Waals surface area contributed by atoms with Gasteiger partial charge in [-0.2, -0.15) is 0 Å². The van der Waals surface area contributed by atoms with Crippen LogP contribution in [0.5, 0.6) is 0 Å². The van der Waals surface area contributed by atoms with E-state index in [1.54, 1.807) is 0 Å². The average Bonchev–Trinajstić information content (AvgIpc) is 3.48. The Balaban J connectivity index is 0.000000166. The molecule has 0 amide bonds. The summed E-state index contributed by atoms with van der Waals surface area (Å²) in [6, 6.07) is 56.9. The maximum Gasteiger partial charge on any atom is 0.0541 e. The van der Waals surface area contributed by atoms with E-state index in [4.69, 9.17) is 0 Å². The highest BCUT2D eigenvalue weighted by Gasteiger charge is 2.11. The number of fused-ring (bicyclic) bond motifs is 3. The maximum atomic E-state index is 4.20. The Bertz CT molecular complexity index is 1930. The molecule has 1 aromatic heterocycles. The van der Waals surface area contributed by atoms with E-state index < -0.39 is 0 Å². The van der Waals surface area contributed by atoms with Gasteiger partial charge in [0, 0.05) is 22.4 Å². The van der Waals surface area contributed by atoms with Crippen LogP contribution in [0.1, 0.15) is 55.9 Å². The van der Waals surface area contributed by atoms with Gasteiger partial charge in [-0.3, -0.25) is 0 Å². The number of hydrogen-bond donors (Lipinski definition) is 0. The smallest absolute Gasteiger partial charge is 0.0541 e. The van der Waals surface area contributed by atoms with Gasteiger partial charge in [-0.05, 0) is 60.4 Å². The average molecular weight is 614 g/mol. The molecule has 0 saturated heterocycles. The molecular weight excluding hydrogens is 567 g/mol. The van der Waals surface area contributed by atoms with E-state index >= 15 is 0 Å². The second kappa shape index (κ2) is 17.3. The summed E-state index contributed by atoms with van der Waals surface area (Å²) in [6.07, 6.45) is 0. The minimum atomic E-state index is 0.364. The molecule has 0 spiro atoms. The normalized spacial score (nSPS) is 10.7. The first-order valence-electron chi connectivity index (χ1n) is 16.5. The van der Waals surface area contributed by atoms with Crippen molar-refractivity contribution in [2.24, 2.45) is 0 Å². The van der Waals surface area contributed by atoms with Gasteiger partial charge < -0.3 is 4.57 Å². The first-order chi connectivity index (χ1) is 22.9. The summed E-state index contributed by atoms with van der Waals surface area (Å²) in [7, 11) is 0. The lowest BCUT2D eigenvalue weighted by atomic mass is 9.89. The van der Waals surface area contributed by atoms with Crippen molar-refractivity contribution >= 4 is 33.0 Å². The van der Waals surface area contributed by atoms with Crippen LogP contribution in [0.3, 0.4) is 0 Å². The van der Waals surface area contributed by atoms with Crippen LogP contribution in [0.15, 0.2) is 177 Å². The van der Waals surface area contributed by atoms with Crippen molar-refractivity contribution in [2.45, 2.75) is 40.5 Å². The molecule has 6 aromatic carbocycles. The lowest BCUT2D eigenvalue weighted by Crippen LogP contribution is -1.96. The largest absolute Gasteiger partial charge is 0.309 e. The molecule has 7 rings (SSSR count). The second-order valence-electron chi connectivity index (χ2n) is 11.4. The number of benzene rings is 6. The van der Waals surface area contributed by atoms with Gasteiger partial charge in [-0.25, -0.2) is 0 Å². The number of aromatic nitrogens is 1. The van der Waals surface area contributed by atoms with E-state index in [9.17, 15) is 0 Å². The first-order valence-corrected chi connectivity index (χ1v) is 16.5. The van der Waals surface area contributed by atoms with Gasteiger partial charge in [0.2, 0.25) is 0 Å². The minimum absolute atomic E-state index is 0.364. The van der Waals surface area contributed by atoms with E-state index in [2.05, 4.69) is 165 Å². The molecule has 0 aliphatic rings. The van der Waals surface area contributed by atoms with Crippen molar-refractivity contribution in [3.8, 4) is 5.69 Å². The van der Waals surface area contributed by atoms with Crippen LogP contribution in [0.4, 0.5) is 0 Å². The van der Waals surface area contributed by atoms with Crippen molar-refractivity contribution in [2.75, 3.05) is 0 Å². The van der Waals surface area contributed by atoms with Crippen molar-refractivity contribution in [3.05, 3.63) is 199 Å². The Morgan fingerprint density at radius 2 is 0.915 bits per heavy atom. The van der Waals surface area contributed by atoms with Crippen LogP contribution in [0.25, 0.3) is 38.6 Å². The van der Waals surface area contributed by atoms with Crippen molar-refractivity contribution in [3.63, 3.8) is 0 Å². The molecule has 0 fully saturated rings.